The lowest BCUT2D eigenvalue weighted by Gasteiger charge is -2.39. The lowest BCUT2D eigenvalue weighted by atomic mass is 9.98. The quantitative estimate of drug-likeness (QED) is 0.696. The van der Waals surface area contributed by atoms with Gasteiger partial charge in [0.25, 0.3) is 0 Å². The first-order chi connectivity index (χ1) is 13.2. The van der Waals surface area contributed by atoms with Gasteiger partial charge in [0.15, 0.2) is 0 Å². The van der Waals surface area contributed by atoms with Crippen LogP contribution in [0.15, 0.2) is 18.5 Å². The Morgan fingerprint density at radius 1 is 1.29 bits per heavy atom. The molecule has 1 amide bonds. The van der Waals surface area contributed by atoms with Gasteiger partial charge in [0.1, 0.15) is 16.9 Å². The van der Waals surface area contributed by atoms with Crippen molar-refractivity contribution in [3.8, 4) is 5.88 Å². The number of carbonyl (C=O) groups is 1. The number of fused-ring (bicyclic) bond motifs is 1. The number of carbonyl (C=O) groups excluding carboxylic acids is 1. The standard InChI is InChI=1S/C20H26ClN3O4/c1-12(11-26-5)15-7-23-18(16-8-22-17(21)6-14(15)16)27-13-9-24(10-13)19(25)28-20(2,3)4/h6-8,12-13H,9-11H2,1-5H3/t12-/m0/s1. The first-order valence-electron chi connectivity index (χ1n) is 9.25. The third-order valence-corrected chi connectivity index (χ3v) is 4.67. The molecule has 2 aromatic heterocycles. The Kier molecular flexibility index (Phi) is 5.95. The number of methoxy groups -OCH3 is 1. The number of amides is 1. The van der Waals surface area contributed by atoms with Crippen LogP contribution in [0.5, 0.6) is 5.88 Å². The van der Waals surface area contributed by atoms with Crippen LogP contribution in [0, 0.1) is 0 Å². The van der Waals surface area contributed by atoms with E-state index in [0.717, 1.165) is 16.3 Å². The Hall–Kier alpha value is -2.12. The summed E-state index contributed by atoms with van der Waals surface area (Å²) in [7, 11) is 1.67. The fraction of sp³-hybridized carbons (Fsp3) is 0.550. The van der Waals surface area contributed by atoms with Crippen molar-refractivity contribution in [2.24, 2.45) is 0 Å². The molecule has 1 atom stereocenters. The SMILES string of the molecule is COC[C@H](C)c1cnc(OC2CN(C(=O)OC(C)(C)C)C2)c2cnc(Cl)cc12. The van der Waals surface area contributed by atoms with Crippen molar-refractivity contribution in [3.05, 3.63) is 29.2 Å². The summed E-state index contributed by atoms with van der Waals surface area (Å²) >= 11 is 6.11. The van der Waals surface area contributed by atoms with Crippen molar-refractivity contribution in [2.45, 2.75) is 45.3 Å². The minimum Gasteiger partial charge on any atom is -0.470 e. The lowest BCUT2D eigenvalue weighted by Crippen LogP contribution is -2.57. The van der Waals surface area contributed by atoms with Crippen LogP contribution < -0.4 is 4.74 Å². The van der Waals surface area contributed by atoms with Gasteiger partial charge in [-0.2, -0.15) is 0 Å². The monoisotopic (exact) mass is 407 g/mol. The molecule has 2 aromatic rings. The average molecular weight is 408 g/mol. The Morgan fingerprint density at radius 3 is 2.64 bits per heavy atom. The van der Waals surface area contributed by atoms with Crippen LogP contribution in [0.2, 0.25) is 5.15 Å². The van der Waals surface area contributed by atoms with Crippen LogP contribution in [0.25, 0.3) is 10.8 Å². The lowest BCUT2D eigenvalue weighted by molar-refractivity contribution is -0.0228. The first-order valence-corrected chi connectivity index (χ1v) is 9.63. The third kappa shape index (κ3) is 4.64. The van der Waals surface area contributed by atoms with Crippen molar-refractivity contribution in [2.75, 3.05) is 26.8 Å². The molecule has 0 spiro atoms. The van der Waals surface area contributed by atoms with E-state index in [2.05, 4.69) is 16.9 Å². The minimum atomic E-state index is -0.513. The second-order valence-electron chi connectivity index (χ2n) is 8.05. The summed E-state index contributed by atoms with van der Waals surface area (Å²) in [5, 5.41) is 2.15. The number of nitrogens with zero attached hydrogens (tertiary/aromatic N) is 3. The van der Waals surface area contributed by atoms with Gasteiger partial charge in [-0.15, -0.1) is 0 Å². The van der Waals surface area contributed by atoms with E-state index in [9.17, 15) is 4.79 Å². The van der Waals surface area contributed by atoms with Gasteiger partial charge >= 0.3 is 6.09 Å². The highest BCUT2D eigenvalue weighted by Gasteiger charge is 2.35. The zero-order chi connectivity index (χ0) is 20.5. The van der Waals surface area contributed by atoms with E-state index in [4.69, 9.17) is 25.8 Å². The summed E-state index contributed by atoms with van der Waals surface area (Å²) in [6.45, 7) is 9.10. The summed E-state index contributed by atoms with van der Waals surface area (Å²) in [4.78, 5) is 22.4. The van der Waals surface area contributed by atoms with Gasteiger partial charge in [0.2, 0.25) is 5.88 Å². The predicted octanol–water partition coefficient (Wildman–Crippen LogP) is 4.03. The molecule has 0 saturated carbocycles. The largest absolute Gasteiger partial charge is 0.470 e. The molecule has 0 unspecified atom stereocenters. The summed E-state index contributed by atoms with van der Waals surface area (Å²) in [5.41, 5.74) is 0.512. The molecule has 0 aliphatic carbocycles. The molecule has 0 aromatic carbocycles. The fourth-order valence-electron chi connectivity index (χ4n) is 3.08. The molecule has 0 bridgehead atoms. The molecule has 1 aliphatic heterocycles. The van der Waals surface area contributed by atoms with E-state index in [0.29, 0.717) is 30.7 Å². The van der Waals surface area contributed by atoms with Crippen LogP contribution in [0.4, 0.5) is 4.79 Å². The zero-order valence-corrected chi connectivity index (χ0v) is 17.6. The molecule has 8 heteroatoms. The molecule has 28 heavy (non-hydrogen) atoms. The van der Waals surface area contributed by atoms with Crippen LogP contribution in [0.1, 0.15) is 39.2 Å². The maximum Gasteiger partial charge on any atom is 0.410 e. The van der Waals surface area contributed by atoms with Crippen LogP contribution >= 0.6 is 11.6 Å². The molecule has 1 saturated heterocycles. The molecule has 7 nitrogen and oxygen atoms in total. The highest BCUT2D eigenvalue weighted by molar-refractivity contribution is 6.30. The number of pyridine rings is 2. The summed E-state index contributed by atoms with van der Waals surface area (Å²) < 4.78 is 16.7. The van der Waals surface area contributed by atoms with Crippen LogP contribution in [-0.2, 0) is 9.47 Å². The number of rotatable bonds is 5. The van der Waals surface area contributed by atoms with Crippen molar-refractivity contribution >= 4 is 28.5 Å². The highest BCUT2D eigenvalue weighted by Crippen LogP contribution is 2.33. The summed E-state index contributed by atoms with van der Waals surface area (Å²) in [6.07, 6.45) is 3.00. The second-order valence-corrected chi connectivity index (χ2v) is 8.44. The molecule has 1 aliphatic rings. The van der Waals surface area contributed by atoms with Crippen molar-refractivity contribution in [1.82, 2.24) is 14.9 Å². The van der Waals surface area contributed by atoms with E-state index in [1.807, 2.05) is 26.8 Å². The van der Waals surface area contributed by atoms with E-state index in [1.54, 1.807) is 24.4 Å². The Morgan fingerprint density at radius 2 is 2.00 bits per heavy atom. The van der Waals surface area contributed by atoms with E-state index < -0.39 is 5.60 Å². The maximum atomic E-state index is 12.1. The van der Waals surface area contributed by atoms with Gasteiger partial charge in [-0.25, -0.2) is 14.8 Å². The van der Waals surface area contributed by atoms with Gasteiger partial charge in [-0.05, 0) is 37.8 Å². The van der Waals surface area contributed by atoms with Gasteiger partial charge in [-0.1, -0.05) is 18.5 Å². The molecule has 3 heterocycles. The van der Waals surface area contributed by atoms with Crippen molar-refractivity contribution < 1.29 is 19.0 Å². The van der Waals surface area contributed by atoms with Gasteiger partial charge < -0.3 is 19.1 Å². The Labute approximate surface area is 169 Å². The normalized spacial score (nSPS) is 16.0. The van der Waals surface area contributed by atoms with Gasteiger partial charge in [-0.3, -0.25) is 0 Å². The number of hydrogen-bond donors (Lipinski definition) is 0. The Balaban J connectivity index is 1.75. The van der Waals surface area contributed by atoms with E-state index in [1.165, 1.54) is 0 Å². The zero-order valence-electron chi connectivity index (χ0n) is 16.9. The van der Waals surface area contributed by atoms with E-state index in [-0.39, 0.29) is 18.1 Å². The first kappa shape index (κ1) is 20.6. The third-order valence-electron chi connectivity index (χ3n) is 4.46. The molecule has 1 fully saturated rings. The van der Waals surface area contributed by atoms with Crippen LogP contribution in [-0.4, -0.2) is 59.5 Å². The summed E-state index contributed by atoms with van der Waals surface area (Å²) in [6, 6.07) is 1.82. The number of aromatic nitrogens is 2. The Bertz CT molecular complexity index is 862. The van der Waals surface area contributed by atoms with Gasteiger partial charge in [0.05, 0.1) is 25.1 Å². The van der Waals surface area contributed by atoms with Crippen LogP contribution in [0.3, 0.4) is 0 Å². The summed E-state index contributed by atoms with van der Waals surface area (Å²) in [5.74, 6) is 0.639. The molecular formula is C20H26ClN3O4. The predicted molar refractivity (Wildman–Crippen MR) is 107 cm³/mol. The fourth-order valence-corrected chi connectivity index (χ4v) is 3.24. The number of halogens is 1. The molecule has 0 radical (unpaired) electrons. The molecule has 0 N–H and O–H groups in total. The topological polar surface area (TPSA) is 73.8 Å². The molecule has 152 valence electrons. The molecule has 3 rings (SSSR count). The minimum absolute atomic E-state index is 0.138. The number of ether oxygens (including phenoxy) is 3. The van der Waals surface area contributed by atoms with Gasteiger partial charge in [0, 0.05) is 25.4 Å². The average Bonchev–Trinajstić information content (AvgIpc) is 2.55. The smallest absolute Gasteiger partial charge is 0.410 e. The highest BCUT2D eigenvalue weighted by atomic mass is 35.5. The van der Waals surface area contributed by atoms with Crippen molar-refractivity contribution in [1.29, 1.82) is 0 Å². The maximum absolute atomic E-state index is 12.1. The number of hydrogen-bond acceptors (Lipinski definition) is 6. The number of likely N-dealkylation sites (tertiary alicyclic amines) is 1. The van der Waals surface area contributed by atoms with E-state index >= 15 is 0 Å². The molecular weight excluding hydrogens is 382 g/mol. The second kappa shape index (κ2) is 8.09. The van der Waals surface area contributed by atoms with Crippen molar-refractivity contribution in [3.63, 3.8) is 0 Å².